The fourth-order valence-corrected chi connectivity index (χ4v) is 4.42. The van der Waals surface area contributed by atoms with Crippen LogP contribution in [-0.4, -0.2) is 41.1 Å². The number of hydrogen-bond donors (Lipinski definition) is 2. The second-order valence-corrected chi connectivity index (χ2v) is 8.80. The van der Waals surface area contributed by atoms with Gasteiger partial charge in [0.05, 0.1) is 5.69 Å². The van der Waals surface area contributed by atoms with Crippen molar-refractivity contribution in [3.05, 3.63) is 42.0 Å². The van der Waals surface area contributed by atoms with Gasteiger partial charge in [-0.05, 0) is 17.5 Å². The Bertz CT molecular complexity index is 1140. The van der Waals surface area contributed by atoms with Crippen molar-refractivity contribution in [2.24, 2.45) is 0 Å². The van der Waals surface area contributed by atoms with Gasteiger partial charge in [-0.2, -0.15) is 5.10 Å². The van der Waals surface area contributed by atoms with E-state index in [1.54, 1.807) is 19.2 Å². The summed E-state index contributed by atoms with van der Waals surface area (Å²) in [7, 11) is -1.83. The summed E-state index contributed by atoms with van der Waals surface area (Å²) < 4.78 is 41.0. The van der Waals surface area contributed by atoms with Gasteiger partial charge in [0, 0.05) is 42.9 Å². The number of nitrogens with two attached hydrogens (primary N) is 1. The number of nitrogens with zero attached hydrogens (tertiary/aromatic N) is 4. The average molecular weight is 390 g/mol. The normalized spacial score (nSPS) is 19.6. The van der Waals surface area contributed by atoms with Crippen molar-refractivity contribution in [2.45, 2.75) is 18.7 Å². The average Bonchev–Trinajstić information content (AvgIpc) is 2.96. The zero-order valence-electron chi connectivity index (χ0n) is 14.8. The van der Waals surface area contributed by atoms with Crippen molar-refractivity contribution in [3.63, 3.8) is 0 Å². The number of aromatic nitrogens is 3. The fourth-order valence-electron chi connectivity index (χ4n) is 3.25. The molecule has 3 N–H and O–H groups in total. The summed E-state index contributed by atoms with van der Waals surface area (Å²) in [5.74, 6) is 0.324. The summed E-state index contributed by atoms with van der Waals surface area (Å²) >= 11 is 0. The molecule has 4 rings (SSSR count). The third-order valence-corrected chi connectivity index (χ3v) is 6.43. The van der Waals surface area contributed by atoms with Gasteiger partial charge < -0.3 is 11.1 Å². The van der Waals surface area contributed by atoms with Crippen LogP contribution < -0.4 is 11.1 Å². The second-order valence-electron chi connectivity index (χ2n) is 6.75. The van der Waals surface area contributed by atoms with E-state index in [2.05, 4.69) is 15.4 Å². The molecule has 142 valence electrons. The maximum atomic E-state index is 13.6. The van der Waals surface area contributed by atoms with Crippen LogP contribution in [0.2, 0.25) is 0 Å². The fraction of sp³-hybridized carbons (Fsp3) is 0.294. The van der Waals surface area contributed by atoms with Gasteiger partial charge in [-0.25, -0.2) is 22.1 Å². The molecule has 0 amide bonds. The van der Waals surface area contributed by atoms with Gasteiger partial charge in [-0.1, -0.05) is 13.0 Å². The molecule has 0 saturated carbocycles. The number of nitrogens with one attached hydrogen (secondary N) is 1. The number of halogens is 1. The van der Waals surface area contributed by atoms with Crippen LogP contribution in [0.25, 0.3) is 10.8 Å². The van der Waals surface area contributed by atoms with Crippen molar-refractivity contribution in [2.75, 3.05) is 24.6 Å². The Morgan fingerprint density at radius 3 is 2.85 bits per heavy atom. The van der Waals surface area contributed by atoms with Crippen molar-refractivity contribution < 1.29 is 12.8 Å². The number of pyridine rings is 1. The quantitative estimate of drug-likeness (QED) is 0.650. The minimum absolute atomic E-state index is 0.00246. The predicted molar refractivity (Wildman–Crippen MR) is 102 cm³/mol. The summed E-state index contributed by atoms with van der Waals surface area (Å²) in [6.45, 7) is 2.35. The van der Waals surface area contributed by atoms with Crippen LogP contribution in [0.4, 0.5) is 21.7 Å². The number of nitrogen functional groups attached to an aromatic ring is 1. The molecule has 3 heterocycles. The molecule has 0 aliphatic carbocycles. The molecule has 1 aliphatic rings. The Balaban J connectivity index is 1.67. The monoisotopic (exact) mass is 390 g/mol. The molecular weight excluding hydrogens is 371 g/mol. The Morgan fingerprint density at radius 2 is 2.07 bits per heavy atom. The topological polar surface area (TPSA) is 106 Å². The van der Waals surface area contributed by atoms with Crippen LogP contribution in [0.1, 0.15) is 18.5 Å². The van der Waals surface area contributed by atoms with Crippen LogP contribution in [0, 0.1) is 5.82 Å². The lowest BCUT2D eigenvalue weighted by Crippen LogP contribution is -2.29. The van der Waals surface area contributed by atoms with Crippen LogP contribution >= 0.6 is 0 Å². The van der Waals surface area contributed by atoms with Gasteiger partial charge in [0.25, 0.3) is 0 Å². The summed E-state index contributed by atoms with van der Waals surface area (Å²) in [6.07, 6.45) is 1.50. The zero-order chi connectivity index (χ0) is 19.3. The first-order valence-electron chi connectivity index (χ1n) is 8.37. The first-order valence-corrected chi connectivity index (χ1v) is 9.98. The first kappa shape index (κ1) is 17.7. The van der Waals surface area contributed by atoms with Crippen LogP contribution in [0.5, 0.6) is 0 Å². The molecule has 1 aromatic carbocycles. The standard InChI is InChI=1S/C17H19FN6O2S/c1-10-8-23(2)27(25,26)9-24-14(10)6-16(22-24)21-15-5-11-3-4-13(18)17(19)12(11)7-20-15/h3-7,10H,8-9,19H2,1-2H3,(H,20,21,22). The highest BCUT2D eigenvalue weighted by molar-refractivity contribution is 7.88. The lowest BCUT2D eigenvalue weighted by atomic mass is 10.1. The van der Waals surface area contributed by atoms with E-state index in [-0.39, 0.29) is 17.5 Å². The largest absolute Gasteiger partial charge is 0.396 e. The predicted octanol–water partition coefficient (Wildman–Crippen LogP) is 2.23. The third-order valence-electron chi connectivity index (χ3n) is 4.76. The Labute approximate surface area is 155 Å². The van der Waals surface area contributed by atoms with Crippen LogP contribution in [-0.2, 0) is 15.9 Å². The number of fused-ring (bicyclic) bond motifs is 2. The molecule has 8 nitrogen and oxygen atoms in total. The van der Waals surface area contributed by atoms with Crippen LogP contribution in [0.15, 0.2) is 30.5 Å². The molecule has 10 heteroatoms. The maximum Gasteiger partial charge on any atom is 0.234 e. The summed E-state index contributed by atoms with van der Waals surface area (Å²) in [4.78, 5) is 4.26. The highest BCUT2D eigenvalue weighted by atomic mass is 32.2. The molecule has 1 aliphatic heterocycles. The molecule has 1 unspecified atom stereocenters. The SMILES string of the molecule is CC1CN(C)S(=O)(=O)Cn2nc(Nc3cc4ccc(F)c(N)c4cn3)cc21. The highest BCUT2D eigenvalue weighted by Crippen LogP contribution is 2.28. The molecule has 27 heavy (non-hydrogen) atoms. The van der Waals surface area contributed by atoms with E-state index in [0.717, 1.165) is 11.1 Å². The molecular formula is C17H19FN6O2S. The van der Waals surface area contributed by atoms with Gasteiger partial charge in [-0.3, -0.25) is 4.68 Å². The van der Waals surface area contributed by atoms with E-state index in [0.29, 0.717) is 23.6 Å². The minimum Gasteiger partial charge on any atom is -0.396 e. The van der Waals surface area contributed by atoms with Gasteiger partial charge in [0.1, 0.15) is 11.6 Å². The number of anilines is 3. The minimum atomic E-state index is -3.40. The Morgan fingerprint density at radius 1 is 1.30 bits per heavy atom. The van der Waals surface area contributed by atoms with Gasteiger partial charge in [0.15, 0.2) is 11.7 Å². The molecule has 1 atom stereocenters. The molecule has 0 fully saturated rings. The maximum absolute atomic E-state index is 13.6. The molecule has 0 radical (unpaired) electrons. The van der Waals surface area contributed by atoms with E-state index in [1.807, 2.05) is 13.0 Å². The summed E-state index contributed by atoms with van der Waals surface area (Å²) in [5.41, 5.74) is 6.63. The van der Waals surface area contributed by atoms with Gasteiger partial charge >= 0.3 is 0 Å². The number of rotatable bonds is 2. The lowest BCUT2D eigenvalue weighted by molar-refractivity contribution is 0.452. The Hall–Kier alpha value is -2.72. The van der Waals surface area contributed by atoms with E-state index < -0.39 is 15.8 Å². The molecule has 0 saturated heterocycles. The molecule has 2 aromatic heterocycles. The summed E-state index contributed by atoms with van der Waals surface area (Å²) in [5, 5.41) is 8.73. The zero-order valence-corrected chi connectivity index (χ0v) is 15.7. The first-order chi connectivity index (χ1) is 12.7. The van der Waals surface area contributed by atoms with Crippen molar-refractivity contribution >= 4 is 38.1 Å². The van der Waals surface area contributed by atoms with Crippen molar-refractivity contribution in [1.29, 1.82) is 0 Å². The molecule has 0 spiro atoms. The van der Waals surface area contributed by atoms with Crippen molar-refractivity contribution in [3.8, 4) is 0 Å². The van der Waals surface area contributed by atoms with Crippen LogP contribution in [0.3, 0.4) is 0 Å². The van der Waals surface area contributed by atoms with E-state index in [1.165, 1.54) is 21.3 Å². The van der Waals surface area contributed by atoms with Crippen molar-refractivity contribution in [1.82, 2.24) is 19.1 Å². The Kier molecular flexibility index (Phi) is 4.04. The van der Waals surface area contributed by atoms with E-state index in [9.17, 15) is 12.8 Å². The highest BCUT2D eigenvalue weighted by Gasteiger charge is 2.29. The summed E-state index contributed by atoms with van der Waals surface area (Å²) in [6, 6.07) is 6.50. The number of hydrogen-bond acceptors (Lipinski definition) is 6. The molecule has 0 bridgehead atoms. The number of likely N-dealkylation sites (N-methyl/N-ethyl adjacent to an activating group) is 1. The number of benzene rings is 1. The van der Waals surface area contributed by atoms with E-state index in [4.69, 9.17) is 5.73 Å². The second kappa shape index (κ2) is 6.17. The third kappa shape index (κ3) is 3.10. The number of sulfonamides is 1. The smallest absolute Gasteiger partial charge is 0.234 e. The molecule has 3 aromatic rings. The van der Waals surface area contributed by atoms with Gasteiger partial charge in [-0.15, -0.1) is 0 Å². The van der Waals surface area contributed by atoms with Gasteiger partial charge in [0.2, 0.25) is 10.0 Å². The van der Waals surface area contributed by atoms with E-state index >= 15 is 0 Å². The lowest BCUT2D eigenvalue weighted by Gasteiger charge is -2.15.